The van der Waals surface area contributed by atoms with E-state index in [1.807, 2.05) is 12.1 Å². The van der Waals surface area contributed by atoms with Gasteiger partial charge in [-0.25, -0.2) is 0 Å². The molecule has 2 aromatic carbocycles. The molecule has 0 amide bonds. The zero-order chi connectivity index (χ0) is 25.1. The van der Waals surface area contributed by atoms with Crippen molar-refractivity contribution in [1.82, 2.24) is 0 Å². The van der Waals surface area contributed by atoms with Crippen LogP contribution in [-0.2, 0) is 5.41 Å². The summed E-state index contributed by atoms with van der Waals surface area (Å²) in [4.78, 5) is 12.1. The van der Waals surface area contributed by atoms with Crippen LogP contribution in [0.4, 0.5) is 0 Å². The van der Waals surface area contributed by atoms with Crippen LogP contribution in [-0.4, -0.2) is 11.3 Å². The van der Waals surface area contributed by atoms with Gasteiger partial charge >= 0.3 is 0 Å². The third kappa shape index (κ3) is 7.04. The topological polar surface area (TPSA) is 26.3 Å². The van der Waals surface area contributed by atoms with E-state index in [0.29, 0.717) is 5.56 Å². The van der Waals surface area contributed by atoms with Gasteiger partial charge in [0.1, 0.15) is 5.75 Å². The fraction of sp³-hybridized carbons (Fsp3) is 0.581. The molecule has 0 saturated heterocycles. The maximum atomic E-state index is 12.1. The lowest BCUT2D eigenvalue weighted by Gasteiger charge is -2.33. The molecule has 0 fully saturated rings. The molecule has 0 atom stereocenters. The van der Waals surface area contributed by atoms with Gasteiger partial charge in [-0.3, -0.25) is 4.79 Å². The van der Waals surface area contributed by atoms with E-state index in [1.165, 1.54) is 99.3 Å². The van der Waals surface area contributed by atoms with E-state index in [0.717, 1.165) is 18.6 Å². The number of carbonyl (C=O) groups is 1. The predicted molar refractivity (Wildman–Crippen MR) is 150 cm³/mol. The van der Waals surface area contributed by atoms with E-state index in [4.69, 9.17) is 27.9 Å². The molecule has 0 bridgehead atoms. The Morgan fingerprint density at radius 1 is 0.743 bits per heavy atom. The molecule has 1 aliphatic rings. The van der Waals surface area contributed by atoms with Crippen molar-refractivity contribution in [2.45, 2.75) is 109 Å². The summed E-state index contributed by atoms with van der Waals surface area (Å²) < 4.78 is 5.72. The minimum atomic E-state index is -0.386. The standard InChI is InChI=1S/C31H42Cl2O2/c1-3-5-7-9-11-13-19-31(20-14-12-10-8-6-4-2)28-21-24(30(33)34)15-17-26(28)27-18-16-25(35-23-32)22-29(27)31/h15-18,21-22H,3-14,19-20,23H2,1-2H3. The van der Waals surface area contributed by atoms with Crippen LogP contribution in [0.25, 0.3) is 11.1 Å². The molecule has 0 heterocycles. The zero-order valence-corrected chi connectivity index (χ0v) is 23.2. The number of hydrogen-bond donors (Lipinski definition) is 0. The number of rotatable bonds is 17. The van der Waals surface area contributed by atoms with Crippen LogP contribution in [0.3, 0.4) is 0 Å². The monoisotopic (exact) mass is 516 g/mol. The summed E-state index contributed by atoms with van der Waals surface area (Å²) in [7, 11) is 0. The summed E-state index contributed by atoms with van der Waals surface area (Å²) in [5.41, 5.74) is 5.56. The summed E-state index contributed by atoms with van der Waals surface area (Å²) in [6.07, 6.45) is 17.4. The average Bonchev–Trinajstić information content (AvgIpc) is 3.12. The van der Waals surface area contributed by atoms with Crippen LogP contribution in [0.1, 0.15) is 125 Å². The number of unbranched alkanes of at least 4 members (excludes halogenated alkanes) is 10. The fourth-order valence-electron chi connectivity index (χ4n) is 5.83. The van der Waals surface area contributed by atoms with Crippen LogP contribution < -0.4 is 4.74 Å². The van der Waals surface area contributed by atoms with Crippen molar-refractivity contribution in [3.63, 3.8) is 0 Å². The first-order valence-electron chi connectivity index (χ1n) is 13.8. The maximum absolute atomic E-state index is 12.1. The van der Waals surface area contributed by atoms with Gasteiger partial charge in [-0.2, -0.15) is 0 Å². The third-order valence-electron chi connectivity index (χ3n) is 7.69. The molecule has 2 nitrogen and oxygen atoms in total. The number of hydrogen-bond acceptors (Lipinski definition) is 2. The number of carbonyl (C=O) groups excluding carboxylic acids is 1. The van der Waals surface area contributed by atoms with E-state index >= 15 is 0 Å². The molecule has 3 rings (SSSR count). The molecule has 192 valence electrons. The van der Waals surface area contributed by atoms with Gasteiger partial charge in [-0.15, -0.1) is 0 Å². The maximum Gasteiger partial charge on any atom is 0.252 e. The van der Waals surface area contributed by atoms with E-state index < -0.39 is 0 Å². The Kier molecular flexibility index (Phi) is 11.5. The molecule has 0 spiro atoms. The van der Waals surface area contributed by atoms with Gasteiger partial charge in [0.2, 0.25) is 0 Å². The van der Waals surface area contributed by atoms with E-state index in [9.17, 15) is 4.79 Å². The molecular formula is C31H42Cl2O2. The van der Waals surface area contributed by atoms with Gasteiger partial charge in [0.25, 0.3) is 5.24 Å². The largest absolute Gasteiger partial charge is 0.478 e. The van der Waals surface area contributed by atoms with Crippen LogP contribution in [0.15, 0.2) is 36.4 Å². The molecule has 0 N–H and O–H groups in total. The molecule has 0 radical (unpaired) electrons. The van der Waals surface area contributed by atoms with Gasteiger partial charge in [0, 0.05) is 11.0 Å². The summed E-state index contributed by atoms with van der Waals surface area (Å²) in [5.74, 6) is 0.815. The Morgan fingerprint density at radius 2 is 1.26 bits per heavy atom. The second-order valence-electron chi connectivity index (χ2n) is 10.1. The van der Waals surface area contributed by atoms with Crippen molar-refractivity contribution in [2.24, 2.45) is 0 Å². The number of alkyl halides is 1. The molecule has 0 saturated carbocycles. The lowest BCUT2D eigenvalue weighted by atomic mass is 9.70. The van der Waals surface area contributed by atoms with Crippen LogP contribution in [0.2, 0.25) is 0 Å². The van der Waals surface area contributed by atoms with Crippen LogP contribution in [0.5, 0.6) is 5.75 Å². The van der Waals surface area contributed by atoms with E-state index in [-0.39, 0.29) is 16.7 Å². The lowest BCUT2D eigenvalue weighted by Crippen LogP contribution is -2.26. The minimum Gasteiger partial charge on any atom is -0.478 e. The Bertz CT molecular complexity index is 937. The number of benzene rings is 2. The normalized spacial score (nSPS) is 13.5. The van der Waals surface area contributed by atoms with E-state index in [2.05, 4.69) is 38.1 Å². The molecule has 35 heavy (non-hydrogen) atoms. The van der Waals surface area contributed by atoms with Gasteiger partial charge in [0.15, 0.2) is 6.07 Å². The Balaban J connectivity index is 1.96. The van der Waals surface area contributed by atoms with Gasteiger partial charge in [-0.05, 0) is 71.0 Å². The summed E-state index contributed by atoms with van der Waals surface area (Å²) in [5, 5.41) is -0.386. The fourth-order valence-corrected chi connectivity index (χ4v) is 6.07. The quantitative estimate of drug-likeness (QED) is 0.119. The van der Waals surface area contributed by atoms with E-state index in [1.54, 1.807) is 0 Å². The molecule has 0 aliphatic heterocycles. The van der Waals surface area contributed by atoms with Crippen molar-refractivity contribution in [1.29, 1.82) is 0 Å². The lowest BCUT2D eigenvalue weighted by molar-refractivity contribution is 0.108. The first-order valence-corrected chi connectivity index (χ1v) is 14.7. The third-order valence-corrected chi connectivity index (χ3v) is 8.02. The summed E-state index contributed by atoms with van der Waals surface area (Å²) in [6, 6.07) is 12.6. The molecule has 2 aromatic rings. The molecule has 4 heteroatoms. The number of fused-ring (bicyclic) bond motifs is 3. The highest BCUT2D eigenvalue weighted by atomic mass is 35.5. The van der Waals surface area contributed by atoms with Crippen LogP contribution >= 0.6 is 23.2 Å². The predicted octanol–water partition coefficient (Wildman–Crippen LogP) is 10.4. The molecule has 0 aromatic heterocycles. The molecule has 1 aliphatic carbocycles. The molecule has 0 unspecified atom stereocenters. The average molecular weight is 518 g/mol. The van der Waals surface area contributed by atoms with Crippen molar-refractivity contribution in [3.8, 4) is 16.9 Å². The van der Waals surface area contributed by atoms with Crippen molar-refractivity contribution in [2.75, 3.05) is 6.07 Å². The minimum absolute atomic E-state index is 0.117. The number of ether oxygens (including phenoxy) is 1. The second-order valence-corrected chi connectivity index (χ2v) is 10.7. The number of halogens is 2. The molecular weight excluding hydrogens is 475 g/mol. The van der Waals surface area contributed by atoms with Crippen molar-refractivity contribution < 1.29 is 9.53 Å². The van der Waals surface area contributed by atoms with Crippen LogP contribution in [0, 0.1) is 0 Å². The first-order chi connectivity index (χ1) is 17.1. The van der Waals surface area contributed by atoms with Gasteiger partial charge in [0.05, 0.1) is 0 Å². The Morgan fingerprint density at radius 3 is 1.80 bits per heavy atom. The van der Waals surface area contributed by atoms with Gasteiger partial charge < -0.3 is 4.74 Å². The van der Waals surface area contributed by atoms with Gasteiger partial charge in [-0.1, -0.05) is 115 Å². The second kappa shape index (κ2) is 14.3. The highest BCUT2D eigenvalue weighted by Gasteiger charge is 2.42. The Labute approximate surface area is 222 Å². The van der Waals surface area contributed by atoms with Crippen molar-refractivity contribution in [3.05, 3.63) is 53.1 Å². The SMILES string of the molecule is CCCCCCCCC1(CCCCCCCC)c2cc(OCCl)ccc2-c2ccc(C(=O)Cl)cc21. The zero-order valence-electron chi connectivity index (χ0n) is 21.6. The first kappa shape index (κ1) is 28.1. The van der Waals surface area contributed by atoms with Crippen molar-refractivity contribution >= 4 is 28.4 Å². The summed E-state index contributed by atoms with van der Waals surface area (Å²) in [6.45, 7) is 4.52. The highest BCUT2D eigenvalue weighted by molar-refractivity contribution is 6.67. The highest BCUT2D eigenvalue weighted by Crippen LogP contribution is 2.55. The Hall–Kier alpha value is -1.51. The summed E-state index contributed by atoms with van der Waals surface area (Å²) >= 11 is 11.9. The smallest absolute Gasteiger partial charge is 0.252 e.